The second-order valence-corrected chi connectivity index (χ2v) is 3.73. The summed E-state index contributed by atoms with van der Waals surface area (Å²) >= 11 is 0. The van der Waals surface area contributed by atoms with E-state index >= 15 is 0 Å². The van der Waals surface area contributed by atoms with Crippen molar-refractivity contribution in [2.75, 3.05) is 0 Å². The first-order valence-electron chi connectivity index (χ1n) is 5.11. The highest BCUT2D eigenvalue weighted by Crippen LogP contribution is 2.21. The molecule has 0 radical (unpaired) electrons. The molecule has 1 atom stereocenters. The van der Waals surface area contributed by atoms with Gasteiger partial charge in [0.2, 0.25) is 0 Å². The molecule has 2 rings (SSSR count). The largest absolute Gasteiger partial charge is 0.319 e. The number of hydrogen-bond acceptors (Lipinski definition) is 2. The lowest BCUT2D eigenvalue weighted by Gasteiger charge is -2.14. The Kier molecular flexibility index (Phi) is 2.97. The lowest BCUT2D eigenvalue weighted by atomic mass is 9.99. The number of pyridine rings is 1. The minimum atomic E-state index is -0.378. The van der Waals surface area contributed by atoms with Crippen molar-refractivity contribution in [1.29, 1.82) is 0 Å². The third-order valence-electron chi connectivity index (χ3n) is 2.58. The van der Waals surface area contributed by atoms with Gasteiger partial charge in [0.05, 0.1) is 11.7 Å². The van der Waals surface area contributed by atoms with Crippen LogP contribution in [-0.4, -0.2) is 4.98 Å². The molecule has 82 valence electrons. The van der Waals surface area contributed by atoms with Crippen LogP contribution in [0.25, 0.3) is 0 Å². The molecule has 0 spiro atoms. The molecule has 2 aromatic rings. The van der Waals surface area contributed by atoms with Crippen molar-refractivity contribution in [3.63, 3.8) is 0 Å². The fourth-order valence-corrected chi connectivity index (χ4v) is 1.67. The Morgan fingerprint density at radius 1 is 1.25 bits per heavy atom. The van der Waals surface area contributed by atoms with Gasteiger partial charge in [-0.1, -0.05) is 12.1 Å². The molecule has 0 aliphatic heterocycles. The molecule has 0 saturated carbocycles. The molecule has 2 N–H and O–H groups in total. The smallest absolute Gasteiger partial charge is 0.123 e. The van der Waals surface area contributed by atoms with E-state index in [0.29, 0.717) is 0 Å². The molecule has 1 aromatic heterocycles. The maximum absolute atomic E-state index is 13.1. The minimum Gasteiger partial charge on any atom is -0.319 e. The van der Waals surface area contributed by atoms with Crippen molar-refractivity contribution in [2.45, 2.75) is 13.0 Å². The van der Waals surface area contributed by atoms with Crippen LogP contribution in [0.1, 0.15) is 22.9 Å². The van der Waals surface area contributed by atoms with Crippen LogP contribution < -0.4 is 5.73 Å². The lowest BCUT2D eigenvalue weighted by Crippen LogP contribution is -2.14. The molecule has 0 aliphatic carbocycles. The average molecular weight is 216 g/mol. The third kappa shape index (κ3) is 2.09. The zero-order valence-corrected chi connectivity index (χ0v) is 9.02. The number of aryl methyl sites for hydroxylation is 1. The van der Waals surface area contributed by atoms with E-state index in [1.165, 1.54) is 12.1 Å². The minimum absolute atomic E-state index is 0.271. The molecule has 2 nitrogen and oxygen atoms in total. The quantitative estimate of drug-likeness (QED) is 0.838. The number of halogens is 1. The van der Waals surface area contributed by atoms with Crippen molar-refractivity contribution in [1.82, 2.24) is 4.98 Å². The van der Waals surface area contributed by atoms with E-state index in [9.17, 15) is 4.39 Å². The fraction of sp³-hybridized carbons (Fsp3) is 0.154. The molecule has 0 bridgehead atoms. The zero-order chi connectivity index (χ0) is 11.5. The first-order chi connectivity index (χ1) is 7.68. The van der Waals surface area contributed by atoms with Crippen LogP contribution in [0.5, 0.6) is 0 Å². The Bertz CT molecular complexity index is 483. The summed E-state index contributed by atoms with van der Waals surface area (Å²) in [5.74, 6) is -0.271. The molecular formula is C13H13FN2. The van der Waals surface area contributed by atoms with Crippen LogP contribution in [-0.2, 0) is 0 Å². The summed E-state index contributed by atoms with van der Waals surface area (Å²) in [7, 11) is 0. The molecule has 16 heavy (non-hydrogen) atoms. The average Bonchev–Trinajstić information content (AvgIpc) is 2.32. The molecule has 1 aromatic carbocycles. The van der Waals surface area contributed by atoms with Crippen LogP contribution in [0.15, 0.2) is 42.6 Å². The van der Waals surface area contributed by atoms with E-state index in [1.54, 1.807) is 12.3 Å². The third-order valence-corrected chi connectivity index (χ3v) is 2.58. The summed E-state index contributed by atoms with van der Waals surface area (Å²) in [4.78, 5) is 4.18. The van der Waals surface area contributed by atoms with Gasteiger partial charge in [0, 0.05) is 6.20 Å². The van der Waals surface area contributed by atoms with Crippen LogP contribution in [0.3, 0.4) is 0 Å². The Hall–Kier alpha value is -1.74. The Balaban J connectivity index is 2.41. The van der Waals surface area contributed by atoms with Gasteiger partial charge in [-0.05, 0) is 42.3 Å². The summed E-state index contributed by atoms with van der Waals surface area (Å²) < 4.78 is 13.1. The van der Waals surface area contributed by atoms with Crippen molar-refractivity contribution < 1.29 is 4.39 Å². The zero-order valence-electron chi connectivity index (χ0n) is 9.02. The van der Waals surface area contributed by atoms with Gasteiger partial charge in [0.15, 0.2) is 0 Å². The van der Waals surface area contributed by atoms with E-state index in [-0.39, 0.29) is 11.9 Å². The van der Waals surface area contributed by atoms with E-state index in [0.717, 1.165) is 16.8 Å². The van der Waals surface area contributed by atoms with Crippen molar-refractivity contribution in [3.8, 4) is 0 Å². The highest BCUT2D eigenvalue weighted by molar-refractivity contribution is 5.34. The van der Waals surface area contributed by atoms with Gasteiger partial charge in [0.25, 0.3) is 0 Å². The summed E-state index contributed by atoms with van der Waals surface area (Å²) in [6.07, 6.45) is 1.68. The molecule has 1 heterocycles. The number of nitrogens with two attached hydrogens (primary N) is 1. The second-order valence-electron chi connectivity index (χ2n) is 3.73. The summed E-state index contributed by atoms with van der Waals surface area (Å²) in [5.41, 5.74) is 8.55. The molecule has 0 saturated heterocycles. The topological polar surface area (TPSA) is 38.9 Å². The molecule has 0 fully saturated rings. The van der Waals surface area contributed by atoms with Crippen molar-refractivity contribution in [2.24, 2.45) is 5.73 Å². The van der Waals surface area contributed by atoms with E-state index < -0.39 is 0 Å². The van der Waals surface area contributed by atoms with Gasteiger partial charge < -0.3 is 5.73 Å². The predicted molar refractivity (Wildman–Crippen MR) is 61.4 cm³/mol. The predicted octanol–water partition coefficient (Wildman–Crippen LogP) is 2.58. The number of aromatic nitrogens is 1. The van der Waals surface area contributed by atoms with Gasteiger partial charge in [-0.2, -0.15) is 0 Å². The van der Waals surface area contributed by atoms with Gasteiger partial charge in [0.1, 0.15) is 5.82 Å². The van der Waals surface area contributed by atoms with Gasteiger partial charge in [-0.25, -0.2) is 4.39 Å². The first-order valence-corrected chi connectivity index (χ1v) is 5.11. The first kappa shape index (κ1) is 10.8. The summed E-state index contributed by atoms with van der Waals surface area (Å²) in [6.45, 7) is 1.91. The number of benzene rings is 1. The lowest BCUT2D eigenvalue weighted by molar-refractivity contribution is 0.622. The van der Waals surface area contributed by atoms with E-state index in [4.69, 9.17) is 5.73 Å². The fourth-order valence-electron chi connectivity index (χ4n) is 1.67. The highest BCUT2D eigenvalue weighted by Gasteiger charge is 2.12. The van der Waals surface area contributed by atoms with Crippen molar-refractivity contribution >= 4 is 0 Å². The monoisotopic (exact) mass is 216 g/mol. The summed E-state index contributed by atoms with van der Waals surface area (Å²) in [6, 6.07) is 9.80. The van der Waals surface area contributed by atoms with Crippen LogP contribution in [0.2, 0.25) is 0 Å². The van der Waals surface area contributed by atoms with Gasteiger partial charge in [-0.15, -0.1) is 0 Å². The standard InChI is InChI=1S/C13H13FN2/c1-9-5-6-10(14)8-11(9)13(15)12-4-2-3-7-16-12/h2-8,13H,15H2,1H3. The Morgan fingerprint density at radius 2 is 2.06 bits per heavy atom. The maximum atomic E-state index is 13.1. The maximum Gasteiger partial charge on any atom is 0.123 e. The molecule has 3 heteroatoms. The number of nitrogens with zero attached hydrogens (tertiary/aromatic N) is 1. The molecule has 0 amide bonds. The van der Waals surface area contributed by atoms with Crippen LogP contribution >= 0.6 is 0 Å². The van der Waals surface area contributed by atoms with Crippen LogP contribution in [0.4, 0.5) is 4.39 Å². The van der Waals surface area contributed by atoms with Crippen molar-refractivity contribution in [3.05, 3.63) is 65.2 Å². The summed E-state index contributed by atoms with van der Waals surface area (Å²) in [5, 5.41) is 0. The Morgan fingerprint density at radius 3 is 2.75 bits per heavy atom. The van der Waals surface area contributed by atoms with E-state index in [2.05, 4.69) is 4.98 Å². The van der Waals surface area contributed by atoms with E-state index in [1.807, 2.05) is 25.1 Å². The van der Waals surface area contributed by atoms with Gasteiger partial charge >= 0.3 is 0 Å². The van der Waals surface area contributed by atoms with Gasteiger partial charge in [-0.3, -0.25) is 4.98 Å². The molecular weight excluding hydrogens is 203 g/mol. The van der Waals surface area contributed by atoms with Crippen LogP contribution in [0, 0.1) is 12.7 Å². The molecule has 0 aliphatic rings. The highest BCUT2D eigenvalue weighted by atomic mass is 19.1. The molecule has 1 unspecified atom stereocenters. The number of rotatable bonds is 2. The normalized spacial score (nSPS) is 12.4. The second kappa shape index (κ2) is 4.41. The SMILES string of the molecule is Cc1ccc(F)cc1C(N)c1ccccn1. The Labute approximate surface area is 93.9 Å². The number of hydrogen-bond donors (Lipinski definition) is 1.